The highest BCUT2D eigenvalue weighted by Crippen LogP contribution is 2.36. The standard InChI is InChI=1S/C14H17ClF3N5O/c1-9-11(15)12(14(16,17)18)21-23(9)10(2)13(24)19-5-3-7-22-8-4-6-20-22/h4,6,8,10H,3,5,7H2,1-2H3,(H,19,24). The van der Waals surface area contributed by atoms with Crippen LogP contribution in [0.1, 0.15) is 30.8 Å². The third kappa shape index (κ3) is 4.08. The number of nitrogens with zero attached hydrogens (tertiary/aromatic N) is 4. The average Bonchev–Trinajstić information content (AvgIpc) is 3.12. The third-order valence-corrected chi connectivity index (χ3v) is 3.97. The Morgan fingerprint density at radius 3 is 2.71 bits per heavy atom. The number of carbonyl (C=O) groups excluding carboxylic acids is 1. The summed E-state index contributed by atoms with van der Waals surface area (Å²) in [4.78, 5) is 12.1. The first-order valence-electron chi connectivity index (χ1n) is 7.28. The summed E-state index contributed by atoms with van der Waals surface area (Å²) in [7, 11) is 0. The minimum Gasteiger partial charge on any atom is -0.354 e. The molecule has 2 aromatic rings. The maximum atomic E-state index is 12.8. The Morgan fingerprint density at radius 1 is 1.46 bits per heavy atom. The highest BCUT2D eigenvalue weighted by atomic mass is 35.5. The van der Waals surface area contributed by atoms with Gasteiger partial charge >= 0.3 is 6.18 Å². The van der Waals surface area contributed by atoms with E-state index in [4.69, 9.17) is 11.6 Å². The molecular formula is C14H17ClF3N5O. The summed E-state index contributed by atoms with van der Waals surface area (Å²) in [6.07, 6.45) is -0.554. The van der Waals surface area contributed by atoms with Crippen molar-refractivity contribution in [2.75, 3.05) is 6.54 Å². The van der Waals surface area contributed by atoms with Crippen LogP contribution in [0.4, 0.5) is 13.2 Å². The highest BCUT2D eigenvalue weighted by Gasteiger charge is 2.39. The maximum absolute atomic E-state index is 12.8. The molecular weight excluding hydrogens is 347 g/mol. The normalized spacial score (nSPS) is 13.1. The van der Waals surface area contributed by atoms with Crippen molar-refractivity contribution >= 4 is 17.5 Å². The van der Waals surface area contributed by atoms with Gasteiger partial charge in [-0.25, -0.2) is 0 Å². The van der Waals surface area contributed by atoms with E-state index in [1.54, 1.807) is 23.1 Å². The molecule has 0 aromatic carbocycles. The second-order valence-electron chi connectivity index (χ2n) is 5.28. The minimum absolute atomic E-state index is 0.100. The van der Waals surface area contributed by atoms with Crippen molar-refractivity contribution in [1.29, 1.82) is 0 Å². The second kappa shape index (κ2) is 7.25. The van der Waals surface area contributed by atoms with Crippen LogP contribution < -0.4 is 5.32 Å². The number of hydrogen-bond donors (Lipinski definition) is 1. The zero-order valence-electron chi connectivity index (χ0n) is 13.1. The van der Waals surface area contributed by atoms with Gasteiger partial charge in [-0.2, -0.15) is 23.4 Å². The van der Waals surface area contributed by atoms with E-state index in [1.165, 1.54) is 13.8 Å². The van der Waals surface area contributed by atoms with Gasteiger partial charge in [-0.05, 0) is 26.3 Å². The minimum atomic E-state index is -4.66. The Kier molecular flexibility index (Phi) is 5.53. The molecule has 132 valence electrons. The fourth-order valence-electron chi connectivity index (χ4n) is 2.20. The number of hydrogen-bond acceptors (Lipinski definition) is 3. The summed E-state index contributed by atoms with van der Waals surface area (Å²) in [5.41, 5.74) is -1.08. The van der Waals surface area contributed by atoms with Crippen LogP contribution in [0.3, 0.4) is 0 Å². The van der Waals surface area contributed by atoms with Crippen LogP contribution in [-0.4, -0.2) is 32.0 Å². The molecule has 1 N–H and O–H groups in total. The molecule has 0 saturated carbocycles. The van der Waals surface area contributed by atoms with Crippen LogP contribution >= 0.6 is 11.6 Å². The zero-order valence-corrected chi connectivity index (χ0v) is 13.9. The number of nitrogens with one attached hydrogen (secondary N) is 1. The van der Waals surface area contributed by atoms with Crippen LogP contribution in [0.2, 0.25) is 5.02 Å². The lowest BCUT2D eigenvalue weighted by molar-refractivity contribution is -0.141. The fraction of sp³-hybridized carbons (Fsp3) is 0.500. The summed E-state index contributed by atoms with van der Waals surface area (Å²) < 4.78 is 41.2. The molecule has 0 aliphatic heterocycles. The zero-order chi connectivity index (χ0) is 17.9. The van der Waals surface area contributed by atoms with E-state index in [-0.39, 0.29) is 5.69 Å². The molecule has 0 fully saturated rings. The van der Waals surface area contributed by atoms with Crippen molar-refractivity contribution in [2.45, 2.75) is 39.0 Å². The Morgan fingerprint density at radius 2 is 2.17 bits per heavy atom. The first kappa shape index (κ1) is 18.3. The topological polar surface area (TPSA) is 64.7 Å². The van der Waals surface area contributed by atoms with Crippen LogP contribution in [0.5, 0.6) is 0 Å². The number of rotatable bonds is 6. The number of aryl methyl sites for hydroxylation is 1. The number of alkyl halides is 3. The summed E-state index contributed by atoms with van der Waals surface area (Å²) in [6, 6.07) is 0.895. The van der Waals surface area contributed by atoms with E-state index in [1.807, 2.05) is 0 Å². The summed E-state index contributed by atoms with van der Waals surface area (Å²) in [6.45, 7) is 3.88. The van der Waals surface area contributed by atoms with E-state index in [2.05, 4.69) is 15.5 Å². The molecule has 0 spiro atoms. The summed E-state index contributed by atoms with van der Waals surface area (Å²) >= 11 is 5.69. The Bertz CT molecular complexity index is 696. The summed E-state index contributed by atoms with van der Waals surface area (Å²) in [5, 5.41) is 9.67. The molecule has 1 atom stereocenters. The first-order valence-corrected chi connectivity index (χ1v) is 7.66. The predicted molar refractivity (Wildman–Crippen MR) is 81.5 cm³/mol. The fourth-order valence-corrected chi connectivity index (χ4v) is 2.43. The van der Waals surface area contributed by atoms with Gasteiger partial charge in [0.15, 0.2) is 5.69 Å². The van der Waals surface area contributed by atoms with Crippen LogP contribution in [0, 0.1) is 6.92 Å². The van der Waals surface area contributed by atoms with Gasteiger partial charge in [0.2, 0.25) is 5.91 Å². The average molecular weight is 364 g/mol. The molecule has 2 aromatic heterocycles. The van der Waals surface area contributed by atoms with Crippen molar-refractivity contribution in [3.63, 3.8) is 0 Å². The Hall–Kier alpha value is -2.03. The molecule has 2 rings (SSSR count). The molecule has 0 aliphatic carbocycles. The number of amides is 1. The molecule has 6 nitrogen and oxygen atoms in total. The quantitative estimate of drug-likeness (QED) is 0.803. The van der Waals surface area contributed by atoms with Crippen molar-refractivity contribution in [1.82, 2.24) is 24.9 Å². The summed E-state index contributed by atoms with van der Waals surface area (Å²) in [5.74, 6) is -0.425. The molecule has 2 heterocycles. The lowest BCUT2D eigenvalue weighted by atomic mass is 10.3. The molecule has 0 radical (unpaired) electrons. The highest BCUT2D eigenvalue weighted by molar-refractivity contribution is 6.32. The van der Waals surface area contributed by atoms with Gasteiger partial charge in [-0.3, -0.25) is 14.2 Å². The van der Waals surface area contributed by atoms with Gasteiger partial charge in [0.05, 0.1) is 10.7 Å². The number of halogens is 4. The number of aromatic nitrogens is 4. The van der Waals surface area contributed by atoms with Crippen LogP contribution in [0.25, 0.3) is 0 Å². The van der Waals surface area contributed by atoms with Gasteiger partial charge in [0, 0.05) is 25.5 Å². The second-order valence-corrected chi connectivity index (χ2v) is 5.66. The molecule has 0 bridgehead atoms. The van der Waals surface area contributed by atoms with Crippen LogP contribution in [0.15, 0.2) is 18.5 Å². The molecule has 1 unspecified atom stereocenters. The van der Waals surface area contributed by atoms with Gasteiger partial charge in [0.1, 0.15) is 6.04 Å². The molecule has 1 amide bonds. The molecule has 10 heteroatoms. The monoisotopic (exact) mass is 363 g/mol. The lowest BCUT2D eigenvalue weighted by Gasteiger charge is -2.14. The van der Waals surface area contributed by atoms with E-state index < -0.39 is 28.8 Å². The van der Waals surface area contributed by atoms with E-state index >= 15 is 0 Å². The maximum Gasteiger partial charge on any atom is 0.436 e. The van der Waals surface area contributed by atoms with Gasteiger partial charge < -0.3 is 5.32 Å². The molecule has 24 heavy (non-hydrogen) atoms. The van der Waals surface area contributed by atoms with E-state index in [9.17, 15) is 18.0 Å². The van der Waals surface area contributed by atoms with Crippen molar-refractivity contribution < 1.29 is 18.0 Å². The van der Waals surface area contributed by atoms with Gasteiger partial charge in [0.25, 0.3) is 0 Å². The molecule has 0 saturated heterocycles. The third-order valence-electron chi connectivity index (χ3n) is 3.51. The van der Waals surface area contributed by atoms with E-state index in [0.29, 0.717) is 19.5 Å². The van der Waals surface area contributed by atoms with Crippen LogP contribution in [-0.2, 0) is 17.5 Å². The lowest BCUT2D eigenvalue weighted by Crippen LogP contribution is -2.33. The van der Waals surface area contributed by atoms with Crippen molar-refractivity contribution in [3.8, 4) is 0 Å². The molecule has 0 aliphatic rings. The van der Waals surface area contributed by atoms with Gasteiger partial charge in [-0.1, -0.05) is 11.6 Å². The Balaban J connectivity index is 1.95. The van der Waals surface area contributed by atoms with Crippen molar-refractivity contribution in [3.05, 3.63) is 34.9 Å². The largest absolute Gasteiger partial charge is 0.436 e. The number of carbonyl (C=O) groups is 1. The van der Waals surface area contributed by atoms with Crippen molar-refractivity contribution in [2.24, 2.45) is 0 Å². The van der Waals surface area contributed by atoms with Gasteiger partial charge in [-0.15, -0.1) is 0 Å². The first-order chi connectivity index (χ1) is 11.2. The smallest absolute Gasteiger partial charge is 0.354 e. The SMILES string of the molecule is Cc1c(Cl)c(C(F)(F)F)nn1C(C)C(=O)NCCCn1cccn1. The Labute approximate surface area is 141 Å². The predicted octanol–water partition coefficient (Wildman–Crippen LogP) is 2.83. The van der Waals surface area contributed by atoms with E-state index in [0.717, 1.165) is 4.68 Å².